The lowest BCUT2D eigenvalue weighted by atomic mass is 10.4. The van der Waals surface area contributed by atoms with Crippen molar-refractivity contribution in [2.24, 2.45) is 0 Å². The predicted molar refractivity (Wildman–Crippen MR) is 120 cm³/mol. The Labute approximate surface area is 176 Å². The van der Waals surface area contributed by atoms with Crippen molar-refractivity contribution in [2.75, 3.05) is 28.4 Å². The van der Waals surface area contributed by atoms with Gasteiger partial charge in [0.1, 0.15) is 0 Å². The van der Waals surface area contributed by atoms with E-state index in [9.17, 15) is 0 Å². The van der Waals surface area contributed by atoms with E-state index in [1.54, 1.807) is 11.4 Å². The van der Waals surface area contributed by atoms with Gasteiger partial charge in [-0.15, -0.1) is 0 Å². The summed E-state index contributed by atoms with van der Waals surface area (Å²) < 4.78 is 36.2. The highest BCUT2D eigenvalue weighted by molar-refractivity contribution is 7.01. The third-order valence-corrected chi connectivity index (χ3v) is 14.6. The van der Waals surface area contributed by atoms with Gasteiger partial charge in [0.2, 0.25) is 0 Å². The van der Waals surface area contributed by atoms with Crippen LogP contribution in [0.4, 0.5) is 0 Å². The Bertz CT molecular complexity index is 712. The number of hydrogen-bond acceptors (Lipinski definition) is 6. The zero-order valence-corrected chi connectivity index (χ0v) is 20.3. The van der Waals surface area contributed by atoms with Gasteiger partial charge in [-0.05, 0) is 21.8 Å². The van der Waals surface area contributed by atoms with E-state index in [1.165, 1.54) is 28.4 Å². The maximum atomic E-state index is 6.73. The van der Waals surface area contributed by atoms with Gasteiger partial charge in [-0.25, -0.2) is 0 Å². The second-order valence-electron chi connectivity index (χ2n) is 5.98. The van der Waals surface area contributed by atoms with E-state index in [4.69, 9.17) is 25.9 Å². The molecule has 0 aliphatic heterocycles. The molecule has 0 aromatic heterocycles. The molecule has 0 radical (unpaired) electrons. The quantitative estimate of drug-likeness (QED) is 0.464. The van der Waals surface area contributed by atoms with Gasteiger partial charge in [-0.2, -0.15) is 0 Å². The van der Waals surface area contributed by atoms with Crippen molar-refractivity contribution >= 4 is 36.5 Å². The highest BCUT2D eigenvalue weighted by atomic mass is 28.5. The van der Waals surface area contributed by atoms with Crippen molar-refractivity contribution in [1.29, 1.82) is 0 Å². The average molecular weight is 449 g/mol. The first kappa shape index (κ1) is 23.6. The van der Waals surface area contributed by atoms with Crippen LogP contribution in [0.2, 0.25) is 0 Å². The Morgan fingerprint density at radius 3 is 1.14 bits per heavy atom. The van der Waals surface area contributed by atoms with Crippen molar-refractivity contribution < 1.29 is 25.9 Å². The van der Waals surface area contributed by atoms with Crippen molar-refractivity contribution in [3.63, 3.8) is 0 Å². The van der Waals surface area contributed by atoms with Gasteiger partial charge in [0.05, 0.1) is 0 Å². The molecule has 29 heavy (non-hydrogen) atoms. The predicted octanol–water partition coefficient (Wildman–Crippen LogP) is 2.19. The molecule has 156 valence electrons. The van der Waals surface area contributed by atoms with Gasteiger partial charge >= 0.3 is 26.2 Å². The normalized spacial score (nSPS) is 12.6. The second-order valence-corrected chi connectivity index (χ2v) is 14.9. The highest BCUT2D eigenvalue weighted by Gasteiger charge is 2.57. The summed E-state index contributed by atoms with van der Waals surface area (Å²) in [5.74, 6) is 0. The molecule has 0 bridgehead atoms. The molecular formula is C20H28O6Si3. The van der Waals surface area contributed by atoms with Crippen molar-refractivity contribution in [3.05, 3.63) is 85.2 Å². The van der Waals surface area contributed by atoms with E-state index in [0.29, 0.717) is 0 Å². The fourth-order valence-corrected chi connectivity index (χ4v) is 13.1. The molecule has 0 unspecified atom stereocenters. The summed E-state index contributed by atoms with van der Waals surface area (Å²) in [6, 6.07) is 19.4. The lowest BCUT2D eigenvalue weighted by Gasteiger charge is -2.41. The molecule has 0 amide bonds. The maximum absolute atomic E-state index is 6.73. The first-order valence-corrected chi connectivity index (χ1v) is 14.4. The molecule has 9 heteroatoms. The van der Waals surface area contributed by atoms with E-state index in [-0.39, 0.29) is 0 Å². The molecule has 2 rings (SSSR count). The van der Waals surface area contributed by atoms with E-state index < -0.39 is 26.2 Å². The van der Waals surface area contributed by atoms with Crippen LogP contribution in [0.15, 0.2) is 85.2 Å². The molecule has 0 saturated carbocycles. The molecule has 0 aliphatic rings. The largest absolute Gasteiger partial charge is 0.519 e. The van der Waals surface area contributed by atoms with Crippen LogP contribution < -0.4 is 10.4 Å². The third kappa shape index (κ3) is 4.91. The Kier molecular flexibility index (Phi) is 8.46. The van der Waals surface area contributed by atoms with Crippen LogP contribution in [0, 0.1) is 0 Å². The second kappa shape index (κ2) is 10.4. The van der Waals surface area contributed by atoms with Gasteiger partial charge in [-0.3, -0.25) is 0 Å². The van der Waals surface area contributed by atoms with Gasteiger partial charge in [-0.1, -0.05) is 73.8 Å². The van der Waals surface area contributed by atoms with Crippen LogP contribution in [0.1, 0.15) is 0 Å². The van der Waals surface area contributed by atoms with Crippen molar-refractivity contribution in [1.82, 2.24) is 0 Å². The number of rotatable bonds is 12. The van der Waals surface area contributed by atoms with Gasteiger partial charge < -0.3 is 25.9 Å². The lowest BCUT2D eigenvalue weighted by molar-refractivity contribution is 0.135. The van der Waals surface area contributed by atoms with Crippen LogP contribution >= 0.6 is 0 Å². The summed E-state index contributed by atoms with van der Waals surface area (Å²) in [7, 11) is -3.87. The van der Waals surface area contributed by atoms with Crippen LogP contribution in [0.25, 0.3) is 0 Å². The van der Waals surface area contributed by atoms with Crippen LogP contribution in [-0.4, -0.2) is 54.6 Å². The lowest BCUT2D eigenvalue weighted by Crippen LogP contribution is -2.72. The topological polar surface area (TPSA) is 55.4 Å². The fourth-order valence-electron chi connectivity index (χ4n) is 2.89. The average Bonchev–Trinajstić information content (AvgIpc) is 2.81. The zero-order chi connectivity index (χ0) is 21.4. The van der Waals surface area contributed by atoms with Crippen LogP contribution in [0.5, 0.6) is 0 Å². The summed E-state index contributed by atoms with van der Waals surface area (Å²) in [5, 5.41) is 1.71. The standard InChI is InChI=1S/C20H28O6Si3/c1-7-27(21-3,22-4)25-29(19-15-11-9-12-16-19,20-17-13-10-14-18-20)26-28(8-2,23-5)24-6/h7-18H,1-2H2,3-6H3. The molecule has 2 aromatic carbocycles. The molecule has 0 fully saturated rings. The minimum atomic E-state index is -3.46. The first-order valence-electron chi connectivity index (χ1n) is 8.98. The maximum Gasteiger partial charge on any atom is 0.519 e. The summed E-state index contributed by atoms with van der Waals surface area (Å²) in [6.45, 7) is 7.77. The summed E-state index contributed by atoms with van der Waals surface area (Å²) in [4.78, 5) is 0. The van der Waals surface area contributed by atoms with E-state index in [1.807, 2.05) is 60.7 Å². The smallest absolute Gasteiger partial charge is 0.383 e. The monoisotopic (exact) mass is 448 g/mol. The minimum Gasteiger partial charge on any atom is -0.383 e. The Balaban J connectivity index is 2.82. The molecule has 0 saturated heterocycles. The summed E-state index contributed by atoms with van der Waals surface area (Å²) >= 11 is 0. The van der Waals surface area contributed by atoms with Gasteiger partial charge in [0, 0.05) is 28.4 Å². The van der Waals surface area contributed by atoms with Crippen molar-refractivity contribution in [2.45, 2.75) is 0 Å². The van der Waals surface area contributed by atoms with Crippen molar-refractivity contribution in [3.8, 4) is 0 Å². The van der Waals surface area contributed by atoms with E-state index in [0.717, 1.165) is 10.4 Å². The molecule has 0 atom stereocenters. The molecular weight excluding hydrogens is 420 g/mol. The summed E-state index contributed by atoms with van der Waals surface area (Å²) in [5.41, 5.74) is 3.17. The molecule has 0 heterocycles. The van der Waals surface area contributed by atoms with Crippen LogP contribution in [-0.2, 0) is 25.9 Å². The fraction of sp³-hybridized carbons (Fsp3) is 0.200. The Hall–Kier alpha value is -1.67. The van der Waals surface area contributed by atoms with E-state index in [2.05, 4.69) is 13.2 Å². The Morgan fingerprint density at radius 1 is 0.586 bits per heavy atom. The molecule has 6 nitrogen and oxygen atoms in total. The number of hydrogen-bond donors (Lipinski definition) is 0. The zero-order valence-electron chi connectivity index (χ0n) is 17.3. The molecule has 0 aliphatic carbocycles. The van der Waals surface area contributed by atoms with Gasteiger partial charge in [0.15, 0.2) is 0 Å². The molecule has 0 spiro atoms. The third-order valence-electron chi connectivity index (χ3n) is 4.52. The van der Waals surface area contributed by atoms with Crippen LogP contribution in [0.3, 0.4) is 0 Å². The first-order chi connectivity index (χ1) is 14.0. The number of benzene rings is 2. The SMILES string of the molecule is C=C[Si](OC)(OC)O[Si](O[Si](C=C)(OC)OC)(c1ccccc1)c1ccccc1. The molecule has 2 aromatic rings. The highest BCUT2D eigenvalue weighted by Crippen LogP contribution is 2.24. The van der Waals surface area contributed by atoms with E-state index >= 15 is 0 Å². The molecule has 0 N–H and O–H groups in total. The minimum absolute atomic E-state index is 0.854. The van der Waals surface area contributed by atoms with Gasteiger partial charge in [0.25, 0.3) is 0 Å². The summed E-state index contributed by atoms with van der Waals surface area (Å²) in [6.07, 6.45) is 0. The Morgan fingerprint density at radius 2 is 0.897 bits per heavy atom.